The van der Waals surface area contributed by atoms with Gasteiger partial charge in [-0.15, -0.1) is 11.3 Å². The number of aromatic nitrogens is 5. The molecule has 0 saturated heterocycles. The van der Waals surface area contributed by atoms with Gasteiger partial charge in [0.05, 0.1) is 22.4 Å². The zero-order chi connectivity index (χ0) is 21.7. The van der Waals surface area contributed by atoms with Crippen molar-refractivity contribution < 1.29 is 9.32 Å². The number of amides is 1. The predicted molar refractivity (Wildman–Crippen MR) is 124 cm³/mol. The van der Waals surface area contributed by atoms with E-state index >= 15 is 0 Å². The van der Waals surface area contributed by atoms with Crippen LogP contribution in [0.5, 0.6) is 0 Å². The second-order valence-corrected chi connectivity index (χ2v) is 8.44. The molecule has 6 aromatic rings. The summed E-state index contributed by atoms with van der Waals surface area (Å²) < 4.78 is 5.34. The highest BCUT2D eigenvalue weighted by Gasteiger charge is 2.18. The summed E-state index contributed by atoms with van der Waals surface area (Å²) >= 11 is 1.51. The van der Waals surface area contributed by atoms with Crippen LogP contribution in [-0.2, 0) is 0 Å². The Bertz CT molecular complexity index is 1610. The summed E-state index contributed by atoms with van der Waals surface area (Å²) in [6, 6.07) is 13.7. The number of nitrogens with one attached hydrogen (secondary N) is 3. The van der Waals surface area contributed by atoms with Crippen molar-refractivity contribution in [2.24, 2.45) is 0 Å². The van der Waals surface area contributed by atoms with Crippen molar-refractivity contribution in [2.45, 2.75) is 6.92 Å². The Morgan fingerprint density at radius 1 is 1.12 bits per heavy atom. The molecule has 0 aliphatic rings. The lowest BCUT2D eigenvalue weighted by atomic mass is 9.99. The lowest BCUT2D eigenvalue weighted by Gasteiger charge is -2.09. The number of carbonyl (C=O) groups is 1. The minimum Gasteiger partial charge on any atom is -0.361 e. The summed E-state index contributed by atoms with van der Waals surface area (Å²) in [4.78, 5) is 20.6. The largest absolute Gasteiger partial charge is 0.361 e. The molecule has 32 heavy (non-hydrogen) atoms. The number of H-pyrrole nitrogens is 2. The predicted octanol–water partition coefficient (Wildman–Crippen LogP) is 5.38. The van der Waals surface area contributed by atoms with E-state index in [1.54, 1.807) is 12.3 Å². The molecule has 0 aliphatic carbocycles. The minimum atomic E-state index is -0.369. The van der Waals surface area contributed by atoms with Gasteiger partial charge in [-0.1, -0.05) is 17.3 Å². The van der Waals surface area contributed by atoms with Crippen molar-refractivity contribution in [1.82, 2.24) is 25.3 Å². The fraction of sp³-hybridized carbons (Fsp3) is 0.0435. The van der Waals surface area contributed by atoms with E-state index in [9.17, 15) is 4.79 Å². The number of thiazole rings is 1. The molecular formula is C23H16N6O2S. The van der Waals surface area contributed by atoms with Crippen molar-refractivity contribution >= 4 is 44.7 Å². The topological polar surface area (TPSA) is 112 Å². The number of benzene rings is 2. The molecule has 0 bridgehead atoms. The van der Waals surface area contributed by atoms with E-state index in [1.165, 1.54) is 11.3 Å². The summed E-state index contributed by atoms with van der Waals surface area (Å²) in [6.45, 7) is 1.91. The number of fused-ring (bicyclic) bond motifs is 2. The molecule has 156 valence electrons. The number of nitrogens with zero attached hydrogens (tertiary/aromatic N) is 3. The molecule has 6 rings (SSSR count). The Kier molecular flexibility index (Phi) is 4.15. The van der Waals surface area contributed by atoms with Gasteiger partial charge < -0.3 is 14.8 Å². The molecule has 4 heterocycles. The Morgan fingerprint density at radius 3 is 2.94 bits per heavy atom. The second-order valence-electron chi connectivity index (χ2n) is 7.38. The molecule has 0 spiro atoms. The Balaban J connectivity index is 1.38. The van der Waals surface area contributed by atoms with Gasteiger partial charge in [-0.25, -0.2) is 4.98 Å². The summed E-state index contributed by atoms with van der Waals surface area (Å²) in [7, 11) is 0. The smallest absolute Gasteiger partial charge is 0.277 e. The maximum atomic E-state index is 13.0. The van der Waals surface area contributed by atoms with Gasteiger partial charge in [0.15, 0.2) is 11.5 Å². The quantitative estimate of drug-likeness (QED) is 0.340. The third-order valence-corrected chi connectivity index (χ3v) is 6.10. The normalized spacial score (nSPS) is 11.4. The van der Waals surface area contributed by atoms with Gasteiger partial charge in [0.1, 0.15) is 5.69 Å². The fourth-order valence-corrected chi connectivity index (χ4v) is 4.42. The second kappa shape index (κ2) is 7.17. The monoisotopic (exact) mass is 440 g/mol. The van der Waals surface area contributed by atoms with Crippen LogP contribution in [0.2, 0.25) is 0 Å². The van der Waals surface area contributed by atoms with Gasteiger partial charge in [-0.05, 0) is 42.3 Å². The van der Waals surface area contributed by atoms with Gasteiger partial charge >= 0.3 is 0 Å². The van der Waals surface area contributed by atoms with Gasteiger partial charge in [-0.2, -0.15) is 5.10 Å². The van der Waals surface area contributed by atoms with Crippen LogP contribution in [0.3, 0.4) is 0 Å². The molecule has 0 aliphatic heterocycles. The van der Waals surface area contributed by atoms with Crippen LogP contribution in [0.25, 0.3) is 44.4 Å². The molecule has 9 heteroatoms. The standard InChI is InChI=1S/C23H16N6O2S/c1-12-26-21(11-32-12)22-9-20(29-31-22)23(30)27-18-7-13(8-19-16(18)10-25-28-19)14-3-2-4-17-15(14)5-6-24-17/h2-11,24H,1H3,(H,25,28)(H,27,30). The van der Waals surface area contributed by atoms with Gasteiger partial charge in [0, 0.05) is 33.9 Å². The molecule has 1 amide bonds. The first-order valence-electron chi connectivity index (χ1n) is 9.90. The van der Waals surface area contributed by atoms with Crippen LogP contribution in [0.1, 0.15) is 15.5 Å². The van der Waals surface area contributed by atoms with Crippen LogP contribution in [-0.4, -0.2) is 31.2 Å². The summed E-state index contributed by atoms with van der Waals surface area (Å²) in [6.07, 6.45) is 3.61. The maximum absolute atomic E-state index is 13.0. The van der Waals surface area contributed by atoms with Gasteiger partial charge in [0.25, 0.3) is 5.91 Å². The molecule has 0 radical (unpaired) electrons. The lowest BCUT2D eigenvalue weighted by molar-refractivity contribution is 0.101. The van der Waals surface area contributed by atoms with Crippen molar-refractivity contribution in [3.05, 3.63) is 70.9 Å². The third-order valence-electron chi connectivity index (χ3n) is 5.33. The van der Waals surface area contributed by atoms with E-state index in [-0.39, 0.29) is 11.6 Å². The molecule has 0 atom stereocenters. The fourth-order valence-electron chi connectivity index (χ4n) is 3.81. The zero-order valence-corrected chi connectivity index (χ0v) is 17.7. The molecule has 4 aromatic heterocycles. The number of hydrogen-bond donors (Lipinski definition) is 3. The highest BCUT2D eigenvalue weighted by Crippen LogP contribution is 2.34. The van der Waals surface area contributed by atoms with Gasteiger partial charge in [-0.3, -0.25) is 9.89 Å². The Labute approximate surface area is 185 Å². The van der Waals surface area contributed by atoms with E-state index in [0.717, 1.165) is 37.9 Å². The van der Waals surface area contributed by atoms with E-state index in [0.29, 0.717) is 17.1 Å². The Hall–Kier alpha value is -4.24. The SMILES string of the molecule is Cc1nc(-c2cc(C(=O)Nc3cc(-c4cccc5[nH]ccc45)cc4[nH]ncc34)no2)cs1. The number of rotatable bonds is 4. The molecule has 3 N–H and O–H groups in total. The van der Waals surface area contributed by atoms with Crippen LogP contribution in [0.4, 0.5) is 5.69 Å². The van der Waals surface area contributed by atoms with Crippen LogP contribution < -0.4 is 5.32 Å². The van der Waals surface area contributed by atoms with Crippen LogP contribution >= 0.6 is 11.3 Å². The molecule has 0 fully saturated rings. The lowest BCUT2D eigenvalue weighted by Crippen LogP contribution is -2.12. The highest BCUT2D eigenvalue weighted by atomic mass is 32.1. The average molecular weight is 440 g/mol. The van der Waals surface area contributed by atoms with Gasteiger partial charge in [0.2, 0.25) is 0 Å². The highest BCUT2D eigenvalue weighted by molar-refractivity contribution is 7.09. The average Bonchev–Trinajstić information content (AvgIpc) is 3.59. The van der Waals surface area contributed by atoms with Crippen molar-refractivity contribution in [3.63, 3.8) is 0 Å². The molecule has 0 saturated carbocycles. The number of aromatic amines is 2. The number of anilines is 1. The Morgan fingerprint density at radius 2 is 2.06 bits per heavy atom. The summed E-state index contributed by atoms with van der Waals surface area (Å²) in [5, 5.41) is 18.7. The molecule has 2 aromatic carbocycles. The summed E-state index contributed by atoms with van der Waals surface area (Å²) in [5.74, 6) is 0.0901. The maximum Gasteiger partial charge on any atom is 0.277 e. The van der Waals surface area contributed by atoms with E-state index in [2.05, 4.69) is 36.7 Å². The summed E-state index contributed by atoms with van der Waals surface area (Å²) in [5.41, 5.74) is 5.37. The van der Waals surface area contributed by atoms with E-state index in [4.69, 9.17) is 4.52 Å². The molecule has 8 nitrogen and oxygen atoms in total. The number of aryl methyl sites for hydroxylation is 1. The van der Waals surface area contributed by atoms with E-state index in [1.807, 2.05) is 48.8 Å². The first kappa shape index (κ1) is 18.5. The number of carbonyl (C=O) groups excluding carboxylic acids is 1. The van der Waals surface area contributed by atoms with Crippen molar-refractivity contribution in [3.8, 4) is 22.6 Å². The van der Waals surface area contributed by atoms with Crippen molar-refractivity contribution in [1.29, 1.82) is 0 Å². The van der Waals surface area contributed by atoms with Crippen LogP contribution in [0, 0.1) is 6.92 Å². The van der Waals surface area contributed by atoms with E-state index < -0.39 is 0 Å². The zero-order valence-electron chi connectivity index (χ0n) is 16.8. The first-order valence-corrected chi connectivity index (χ1v) is 10.8. The van der Waals surface area contributed by atoms with Crippen molar-refractivity contribution in [2.75, 3.05) is 5.32 Å². The minimum absolute atomic E-state index is 0.181. The van der Waals surface area contributed by atoms with Crippen LogP contribution in [0.15, 0.2) is 64.8 Å². The third kappa shape index (κ3) is 3.07. The molecular weight excluding hydrogens is 424 g/mol. The number of hydrogen-bond acceptors (Lipinski definition) is 6. The molecule has 0 unspecified atom stereocenters. The first-order chi connectivity index (χ1) is 15.7.